The maximum atomic E-state index is 13.1. The minimum absolute atomic E-state index is 0.240. The second-order valence-corrected chi connectivity index (χ2v) is 6.03. The summed E-state index contributed by atoms with van der Waals surface area (Å²) in [5.74, 6) is 0.575. The normalized spacial score (nSPS) is 19.1. The molecule has 0 bridgehead atoms. The molecule has 1 N–H and O–H groups in total. The van der Waals surface area contributed by atoms with Crippen molar-refractivity contribution in [3.63, 3.8) is 0 Å². The molecule has 2 aromatic rings. The van der Waals surface area contributed by atoms with E-state index in [1.165, 1.54) is 12.3 Å². The predicted molar refractivity (Wildman–Crippen MR) is 84.7 cm³/mol. The third kappa shape index (κ3) is 3.39. The molecule has 3 nitrogen and oxygen atoms in total. The van der Waals surface area contributed by atoms with Crippen LogP contribution in [0.3, 0.4) is 0 Å². The van der Waals surface area contributed by atoms with Gasteiger partial charge in [0.05, 0.1) is 16.9 Å². The molecule has 0 amide bonds. The number of hydrogen-bond donors (Lipinski definition) is 1. The fourth-order valence-corrected chi connectivity index (χ4v) is 3.01. The first-order valence-electron chi connectivity index (χ1n) is 7.38. The first kappa shape index (κ1) is 15.3. The van der Waals surface area contributed by atoms with Crippen molar-refractivity contribution < 1.29 is 9.13 Å². The fourth-order valence-electron chi connectivity index (χ4n) is 2.73. The van der Waals surface area contributed by atoms with E-state index < -0.39 is 0 Å². The largest absolute Gasteiger partial charge is 0.482 e. The molecule has 3 rings (SSSR count). The molecule has 2 atom stereocenters. The highest BCUT2D eigenvalue weighted by Crippen LogP contribution is 2.34. The molecule has 116 valence electrons. The molecule has 0 spiro atoms. The first-order valence-corrected chi connectivity index (χ1v) is 7.76. The number of nitrogens with one attached hydrogen (secondary N) is 1. The van der Waals surface area contributed by atoms with E-state index in [0.717, 1.165) is 30.8 Å². The molecule has 1 aliphatic heterocycles. The molecular weight excluding hydrogens is 303 g/mol. The van der Waals surface area contributed by atoms with Crippen LogP contribution in [0.15, 0.2) is 36.5 Å². The van der Waals surface area contributed by atoms with Crippen LogP contribution in [-0.2, 0) is 0 Å². The minimum atomic E-state index is -0.347. The third-order valence-corrected chi connectivity index (χ3v) is 4.21. The van der Waals surface area contributed by atoms with Gasteiger partial charge in [-0.2, -0.15) is 0 Å². The molecule has 1 fully saturated rings. The first-order chi connectivity index (χ1) is 10.6. The van der Waals surface area contributed by atoms with Crippen molar-refractivity contribution >= 4 is 11.6 Å². The van der Waals surface area contributed by atoms with Gasteiger partial charge in [-0.3, -0.25) is 4.98 Å². The summed E-state index contributed by atoms with van der Waals surface area (Å²) < 4.78 is 19.3. The maximum absolute atomic E-state index is 13.1. The standard InChI is InChI=1S/C17H18ClFN2O/c1-11-2-5-16(14(18)8-11)22-17(12-6-7-20-9-12)15-4-3-13(19)10-21-15/h2-5,8,10,12,17,20H,6-7,9H2,1H3/t12-,17+/m1/s1. The smallest absolute Gasteiger partial charge is 0.145 e. The molecule has 1 aliphatic rings. The SMILES string of the molecule is Cc1ccc(O[C@H](c2ccc(F)cn2)[C@@H]2CCNC2)c(Cl)c1. The van der Waals surface area contributed by atoms with Gasteiger partial charge in [0.25, 0.3) is 0 Å². The monoisotopic (exact) mass is 320 g/mol. The zero-order chi connectivity index (χ0) is 15.5. The van der Waals surface area contributed by atoms with Gasteiger partial charge in [0.2, 0.25) is 0 Å². The van der Waals surface area contributed by atoms with E-state index in [-0.39, 0.29) is 17.8 Å². The van der Waals surface area contributed by atoms with E-state index in [9.17, 15) is 4.39 Å². The Kier molecular flexibility index (Phi) is 4.60. The van der Waals surface area contributed by atoms with Crippen LogP contribution in [0.4, 0.5) is 4.39 Å². The number of aromatic nitrogens is 1. The van der Waals surface area contributed by atoms with Crippen molar-refractivity contribution in [1.29, 1.82) is 0 Å². The minimum Gasteiger partial charge on any atom is -0.482 e. The molecule has 22 heavy (non-hydrogen) atoms. The van der Waals surface area contributed by atoms with Crippen molar-refractivity contribution in [2.45, 2.75) is 19.4 Å². The van der Waals surface area contributed by atoms with E-state index in [1.807, 2.05) is 25.1 Å². The summed E-state index contributed by atoms with van der Waals surface area (Å²) in [6.07, 6.45) is 1.98. The molecule has 0 unspecified atom stereocenters. The number of hydrogen-bond acceptors (Lipinski definition) is 3. The highest BCUT2D eigenvalue weighted by molar-refractivity contribution is 6.32. The summed E-state index contributed by atoms with van der Waals surface area (Å²) in [6, 6.07) is 8.80. The zero-order valence-electron chi connectivity index (χ0n) is 12.4. The summed E-state index contributed by atoms with van der Waals surface area (Å²) in [5.41, 5.74) is 1.81. The van der Waals surface area contributed by atoms with Crippen molar-refractivity contribution in [3.05, 3.63) is 58.6 Å². The molecule has 1 saturated heterocycles. The average molecular weight is 321 g/mol. The van der Waals surface area contributed by atoms with Crippen LogP contribution in [-0.4, -0.2) is 18.1 Å². The van der Waals surface area contributed by atoms with E-state index in [4.69, 9.17) is 16.3 Å². The van der Waals surface area contributed by atoms with Gasteiger partial charge < -0.3 is 10.1 Å². The van der Waals surface area contributed by atoms with Crippen LogP contribution in [0, 0.1) is 18.7 Å². The Morgan fingerprint density at radius 2 is 2.23 bits per heavy atom. The highest BCUT2D eigenvalue weighted by Gasteiger charge is 2.29. The lowest BCUT2D eigenvalue weighted by Crippen LogP contribution is -2.22. The van der Waals surface area contributed by atoms with Gasteiger partial charge in [-0.15, -0.1) is 0 Å². The second kappa shape index (κ2) is 6.63. The Morgan fingerprint density at radius 3 is 2.86 bits per heavy atom. The molecule has 5 heteroatoms. The van der Waals surface area contributed by atoms with Gasteiger partial charge in [0.1, 0.15) is 17.7 Å². The molecule has 1 aromatic carbocycles. The van der Waals surface area contributed by atoms with Gasteiger partial charge in [0, 0.05) is 12.5 Å². The van der Waals surface area contributed by atoms with Gasteiger partial charge in [0.15, 0.2) is 0 Å². The Labute approximate surface area is 134 Å². The second-order valence-electron chi connectivity index (χ2n) is 5.63. The van der Waals surface area contributed by atoms with Crippen LogP contribution in [0.25, 0.3) is 0 Å². The van der Waals surface area contributed by atoms with Crippen molar-refractivity contribution in [1.82, 2.24) is 10.3 Å². The quantitative estimate of drug-likeness (QED) is 0.927. The Balaban J connectivity index is 1.89. The molecule has 0 radical (unpaired) electrons. The predicted octanol–water partition coefficient (Wildman–Crippen LogP) is 3.91. The lowest BCUT2D eigenvalue weighted by Gasteiger charge is -2.24. The van der Waals surface area contributed by atoms with Crippen LogP contribution in [0.5, 0.6) is 5.75 Å². The third-order valence-electron chi connectivity index (χ3n) is 3.91. The number of benzene rings is 1. The molecule has 0 aliphatic carbocycles. The summed E-state index contributed by atoms with van der Waals surface area (Å²) >= 11 is 6.27. The van der Waals surface area contributed by atoms with Crippen LogP contribution >= 0.6 is 11.6 Å². The van der Waals surface area contributed by atoms with Crippen molar-refractivity contribution in [2.75, 3.05) is 13.1 Å². The summed E-state index contributed by atoms with van der Waals surface area (Å²) in [6.45, 7) is 3.79. The van der Waals surface area contributed by atoms with E-state index in [0.29, 0.717) is 10.8 Å². The van der Waals surface area contributed by atoms with E-state index >= 15 is 0 Å². The molecule has 2 heterocycles. The number of halogens is 2. The van der Waals surface area contributed by atoms with E-state index in [2.05, 4.69) is 10.3 Å². The molecule has 1 aromatic heterocycles. The number of pyridine rings is 1. The maximum Gasteiger partial charge on any atom is 0.145 e. The number of ether oxygens (including phenoxy) is 1. The number of rotatable bonds is 4. The van der Waals surface area contributed by atoms with Gasteiger partial charge >= 0.3 is 0 Å². The number of aryl methyl sites for hydroxylation is 1. The highest BCUT2D eigenvalue weighted by atomic mass is 35.5. The Bertz CT molecular complexity index is 642. The van der Waals surface area contributed by atoms with Crippen LogP contribution in [0.2, 0.25) is 5.02 Å². The molecular formula is C17H18ClFN2O. The lowest BCUT2D eigenvalue weighted by atomic mass is 9.98. The summed E-state index contributed by atoms with van der Waals surface area (Å²) in [7, 11) is 0. The average Bonchev–Trinajstić information content (AvgIpc) is 3.02. The van der Waals surface area contributed by atoms with Crippen molar-refractivity contribution in [2.24, 2.45) is 5.92 Å². The van der Waals surface area contributed by atoms with Gasteiger partial charge in [-0.1, -0.05) is 17.7 Å². The lowest BCUT2D eigenvalue weighted by molar-refractivity contribution is 0.140. The summed E-state index contributed by atoms with van der Waals surface area (Å²) in [4.78, 5) is 4.20. The molecule has 0 saturated carbocycles. The Morgan fingerprint density at radius 1 is 1.36 bits per heavy atom. The van der Waals surface area contributed by atoms with Crippen LogP contribution < -0.4 is 10.1 Å². The number of nitrogens with zero attached hydrogens (tertiary/aromatic N) is 1. The zero-order valence-corrected chi connectivity index (χ0v) is 13.1. The Hall–Kier alpha value is -1.65. The summed E-state index contributed by atoms with van der Waals surface area (Å²) in [5, 5.41) is 3.91. The van der Waals surface area contributed by atoms with E-state index in [1.54, 1.807) is 6.07 Å². The van der Waals surface area contributed by atoms with Crippen molar-refractivity contribution in [3.8, 4) is 5.75 Å². The van der Waals surface area contributed by atoms with Crippen LogP contribution in [0.1, 0.15) is 23.8 Å². The van der Waals surface area contributed by atoms with Gasteiger partial charge in [-0.25, -0.2) is 4.39 Å². The topological polar surface area (TPSA) is 34.1 Å². The fraction of sp³-hybridized carbons (Fsp3) is 0.353. The van der Waals surface area contributed by atoms with Gasteiger partial charge in [-0.05, 0) is 49.7 Å².